The van der Waals surface area contributed by atoms with Gasteiger partial charge in [-0.15, -0.1) is 0 Å². The number of carbonyl (C=O) groups excluding carboxylic acids is 2. The molecule has 0 spiro atoms. The minimum absolute atomic E-state index is 0.110. The Labute approximate surface area is 124 Å². The van der Waals surface area contributed by atoms with Crippen molar-refractivity contribution >= 4 is 29.1 Å². The molecular weight excluding hydrogens is 276 g/mol. The van der Waals surface area contributed by atoms with E-state index in [9.17, 15) is 9.59 Å². The topological polar surface area (TPSA) is 49.4 Å². The van der Waals surface area contributed by atoms with Crippen LogP contribution in [-0.2, 0) is 9.59 Å². The lowest BCUT2D eigenvalue weighted by Crippen LogP contribution is -2.40. The fourth-order valence-corrected chi connectivity index (χ4v) is 2.61. The molecule has 4 nitrogen and oxygen atoms in total. The number of halogens is 1. The number of amides is 2. The van der Waals surface area contributed by atoms with Gasteiger partial charge in [0, 0.05) is 13.1 Å². The van der Waals surface area contributed by atoms with Gasteiger partial charge in [-0.3, -0.25) is 9.59 Å². The highest BCUT2D eigenvalue weighted by molar-refractivity contribution is 6.33. The third-order valence-electron chi connectivity index (χ3n) is 3.47. The lowest BCUT2D eigenvalue weighted by molar-refractivity contribution is -0.136. The number of nitrogens with zero attached hydrogens (tertiary/aromatic N) is 1. The maximum atomic E-state index is 12.1. The largest absolute Gasteiger partial charge is 0.342 e. The molecule has 0 saturated carbocycles. The molecule has 1 aromatic rings. The highest BCUT2D eigenvalue weighted by Crippen LogP contribution is 2.21. The standard InChI is InChI=1S/C15H19ClN2O2/c1-11-5-4-8-18(10-11)15(20)9-14(19)17-13-7-3-2-6-12(13)16/h2-3,6-7,11H,4-5,8-10H2,1H3,(H,17,19). The molecule has 20 heavy (non-hydrogen) atoms. The Hall–Kier alpha value is -1.55. The summed E-state index contributed by atoms with van der Waals surface area (Å²) in [6.45, 7) is 3.63. The smallest absolute Gasteiger partial charge is 0.233 e. The van der Waals surface area contributed by atoms with E-state index in [2.05, 4.69) is 12.2 Å². The van der Waals surface area contributed by atoms with E-state index in [0.717, 1.165) is 25.9 Å². The summed E-state index contributed by atoms with van der Waals surface area (Å²) in [6.07, 6.45) is 2.03. The zero-order chi connectivity index (χ0) is 14.5. The van der Waals surface area contributed by atoms with Crippen molar-refractivity contribution in [3.05, 3.63) is 29.3 Å². The van der Waals surface area contributed by atoms with E-state index in [4.69, 9.17) is 11.6 Å². The maximum Gasteiger partial charge on any atom is 0.233 e. The van der Waals surface area contributed by atoms with Crippen LogP contribution in [0.4, 0.5) is 5.69 Å². The summed E-state index contributed by atoms with van der Waals surface area (Å²) in [5, 5.41) is 3.15. The molecule has 2 amide bonds. The molecule has 1 heterocycles. The lowest BCUT2D eigenvalue weighted by atomic mass is 10.00. The predicted molar refractivity (Wildman–Crippen MR) is 79.7 cm³/mol. The van der Waals surface area contributed by atoms with E-state index in [0.29, 0.717) is 16.6 Å². The SMILES string of the molecule is CC1CCCN(C(=O)CC(=O)Nc2ccccc2Cl)C1. The number of piperidine rings is 1. The van der Waals surface area contributed by atoms with E-state index in [1.807, 2.05) is 0 Å². The Morgan fingerprint density at radius 1 is 1.40 bits per heavy atom. The average Bonchev–Trinajstić information content (AvgIpc) is 2.41. The first kappa shape index (κ1) is 14.9. The van der Waals surface area contributed by atoms with Crippen molar-refractivity contribution in [1.29, 1.82) is 0 Å². The van der Waals surface area contributed by atoms with Gasteiger partial charge in [0.25, 0.3) is 0 Å². The van der Waals surface area contributed by atoms with Crippen LogP contribution in [0.1, 0.15) is 26.2 Å². The first-order valence-electron chi connectivity index (χ1n) is 6.88. The van der Waals surface area contributed by atoms with Crippen LogP contribution in [0.3, 0.4) is 0 Å². The highest BCUT2D eigenvalue weighted by Gasteiger charge is 2.22. The van der Waals surface area contributed by atoms with E-state index in [1.54, 1.807) is 29.2 Å². The molecule has 0 radical (unpaired) electrons. The summed E-state index contributed by atoms with van der Waals surface area (Å²) in [6, 6.07) is 6.99. The quantitative estimate of drug-likeness (QED) is 0.872. The summed E-state index contributed by atoms with van der Waals surface area (Å²) >= 11 is 5.96. The summed E-state index contributed by atoms with van der Waals surface area (Å²) in [7, 11) is 0. The molecule has 1 aromatic carbocycles. The van der Waals surface area contributed by atoms with Gasteiger partial charge in [0.2, 0.25) is 11.8 Å². The third-order valence-corrected chi connectivity index (χ3v) is 3.80. The molecule has 1 aliphatic rings. The molecule has 0 aliphatic carbocycles. The number of rotatable bonds is 3. The van der Waals surface area contributed by atoms with Crippen LogP contribution in [0.25, 0.3) is 0 Å². The van der Waals surface area contributed by atoms with Crippen molar-refractivity contribution in [3.63, 3.8) is 0 Å². The molecule has 0 bridgehead atoms. The van der Waals surface area contributed by atoms with Crippen molar-refractivity contribution < 1.29 is 9.59 Å². The second kappa shape index (κ2) is 6.75. The average molecular weight is 295 g/mol. The summed E-state index contributed by atoms with van der Waals surface area (Å²) in [4.78, 5) is 25.7. The van der Waals surface area contributed by atoms with Gasteiger partial charge in [0.15, 0.2) is 0 Å². The number of carbonyl (C=O) groups is 2. The zero-order valence-electron chi connectivity index (χ0n) is 11.6. The number of nitrogens with one attached hydrogen (secondary N) is 1. The van der Waals surface area contributed by atoms with E-state index < -0.39 is 0 Å². The normalized spacial score (nSPS) is 18.7. The Morgan fingerprint density at radius 3 is 2.85 bits per heavy atom. The Bertz CT molecular complexity index is 504. The van der Waals surface area contributed by atoms with Gasteiger partial charge in [-0.25, -0.2) is 0 Å². The van der Waals surface area contributed by atoms with Gasteiger partial charge >= 0.3 is 0 Å². The van der Waals surface area contributed by atoms with Crippen molar-refractivity contribution in [3.8, 4) is 0 Å². The number of para-hydroxylation sites is 1. The summed E-state index contributed by atoms with van der Waals surface area (Å²) in [5.74, 6) is 0.0850. The Kier molecular flexibility index (Phi) is 5.01. The molecule has 5 heteroatoms. The van der Waals surface area contributed by atoms with Crippen molar-refractivity contribution in [2.45, 2.75) is 26.2 Å². The van der Waals surface area contributed by atoms with Gasteiger partial charge in [-0.2, -0.15) is 0 Å². The van der Waals surface area contributed by atoms with Crippen LogP contribution in [0.15, 0.2) is 24.3 Å². The van der Waals surface area contributed by atoms with E-state index >= 15 is 0 Å². The van der Waals surface area contributed by atoms with Crippen LogP contribution < -0.4 is 5.32 Å². The van der Waals surface area contributed by atoms with Gasteiger partial charge in [0.05, 0.1) is 10.7 Å². The number of likely N-dealkylation sites (tertiary alicyclic amines) is 1. The first-order chi connectivity index (χ1) is 9.56. The molecule has 1 atom stereocenters. The third kappa shape index (κ3) is 3.97. The molecule has 1 aliphatic heterocycles. The summed E-state index contributed by atoms with van der Waals surface area (Å²) < 4.78 is 0. The van der Waals surface area contributed by atoms with Crippen LogP contribution >= 0.6 is 11.6 Å². The van der Waals surface area contributed by atoms with Crippen LogP contribution in [0.5, 0.6) is 0 Å². The molecular formula is C15H19ClN2O2. The molecule has 0 aromatic heterocycles. The zero-order valence-corrected chi connectivity index (χ0v) is 12.3. The number of anilines is 1. The molecule has 1 unspecified atom stereocenters. The molecule has 1 fully saturated rings. The maximum absolute atomic E-state index is 12.1. The molecule has 1 saturated heterocycles. The molecule has 1 N–H and O–H groups in total. The Balaban J connectivity index is 1.88. The minimum atomic E-state index is -0.318. The fourth-order valence-electron chi connectivity index (χ4n) is 2.42. The second-order valence-electron chi connectivity index (χ2n) is 5.29. The predicted octanol–water partition coefficient (Wildman–Crippen LogP) is 2.93. The van der Waals surface area contributed by atoms with Crippen molar-refractivity contribution in [2.75, 3.05) is 18.4 Å². The van der Waals surface area contributed by atoms with Gasteiger partial charge in [-0.1, -0.05) is 30.7 Å². The Morgan fingerprint density at radius 2 is 2.15 bits per heavy atom. The van der Waals surface area contributed by atoms with E-state index in [1.165, 1.54) is 0 Å². The van der Waals surface area contributed by atoms with Crippen LogP contribution in [0.2, 0.25) is 5.02 Å². The molecule has 108 valence electrons. The van der Waals surface area contributed by atoms with Gasteiger partial charge in [0.1, 0.15) is 6.42 Å². The number of hydrogen-bond donors (Lipinski definition) is 1. The summed E-state index contributed by atoms with van der Waals surface area (Å²) in [5.41, 5.74) is 0.541. The van der Waals surface area contributed by atoms with E-state index in [-0.39, 0.29) is 18.2 Å². The highest BCUT2D eigenvalue weighted by atomic mass is 35.5. The second-order valence-corrected chi connectivity index (χ2v) is 5.70. The van der Waals surface area contributed by atoms with Gasteiger partial charge in [-0.05, 0) is 30.9 Å². The van der Waals surface area contributed by atoms with Crippen molar-refractivity contribution in [1.82, 2.24) is 4.90 Å². The lowest BCUT2D eigenvalue weighted by Gasteiger charge is -2.30. The fraction of sp³-hybridized carbons (Fsp3) is 0.467. The van der Waals surface area contributed by atoms with Gasteiger partial charge < -0.3 is 10.2 Å². The van der Waals surface area contributed by atoms with Crippen LogP contribution in [0, 0.1) is 5.92 Å². The number of benzene rings is 1. The monoisotopic (exact) mass is 294 g/mol. The van der Waals surface area contributed by atoms with Crippen LogP contribution in [-0.4, -0.2) is 29.8 Å². The van der Waals surface area contributed by atoms with Crippen molar-refractivity contribution in [2.24, 2.45) is 5.92 Å². The molecule has 2 rings (SSSR count). The minimum Gasteiger partial charge on any atom is -0.342 e. The number of hydrogen-bond acceptors (Lipinski definition) is 2. The first-order valence-corrected chi connectivity index (χ1v) is 7.26.